The lowest BCUT2D eigenvalue weighted by atomic mass is 10.1. The Balaban J connectivity index is 2.56. The maximum absolute atomic E-state index is 5.24. The number of pyridine rings is 1. The number of allylic oxidation sites excluding steroid dienone is 1. The molecule has 0 aliphatic heterocycles. The van der Waals surface area contributed by atoms with Crippen LogP contribution in [0.25, 0.3) is 12.2 Å². The van der Waals surface area contributed by atoms with Crippen molar-refractivity contribution in [3.05, 3.63) is 40.9 Å². The molecule has 1 heterocycles. The molecule has 0 atom stereocenters. The van der Waals surface area contributed by atoms with E-state index in [2.05, 4.69) is 24.1 Å². The fourth-order valence-corrected chi connectivity index (χ4v) is 1.57. The summed E-state index contributed by atoms with van der Waals surface area (Å²) in [7, 11) is 1.69. The highest BCUT2D eigenvalue weighted by Crippen LogP contribution is 2.21. The number of methoxy groups -OCH3 is 1. The van der Waals surface area contributed by atoms with Crippen LogP contribution >= 0.6 is 0 Å². The van der Waals surface area contributed by atoms with E-state index in [1.54, 1.807) is 7.11 Å². The molecule has 0 saturated carbocycles. The van der Waals surface area contributed by atoms with Crippen molar-refractivity contribution in [2.24, 2.45) is 0 Å². The summed E-state index contributed by atoms with van der Waals surface area (Å²) < 4.78 is 5.24. The third kappa shape index (κ3) is 1.55. The van der Waals surface area contributed by atoms with Gasteiger partial charge in [0.25, 0.3) is 0 Å². The summed E-state index contributed by atoms with van der Waals surface area (Å²) in [6.07, 6.45) is 8.89. The quantitative estimate of drug-likeness (QED) is 0.674. The molecule has 0 saturated heterocycles. The lowest BCUT2D eigenvalue weighted by molar-refractivity contribution is 0.289. The molecule has 0 radical (unpaired) electrons. The maximum Gasteiger partial charge on any atom is 0.101 e. The first-order chi connectivity index (χ1) is 6.81. The number of aryl methyl sites for hydroxylation is 1. The van der Waals surface area contributed by atoms with E-state index in [-0.39, 0.29) is 0 Å². The number of nitrogens with zero attached hydrogens (tertiary/aromatic N) is 1. The molecule has 1 aliphatic rings. The Labute approximate surface area is 83.9 Å². The zero-order valence-electron chi connectivity index (χ0n) is 8.45. The van der Waals surface area contributed by atoms with Crippen LogP contribution < -0.4 is 0 Å². The number of ether oxygens (including phenoxy) is 1. The van der Waals surface area contributed by atoms with Gasteiger partial charge in [-0.05, 0) is 18.6 Å². The summed E-state index contributed by atoms with van der Waals surface area (Å²) in [6, 6.07) is 2.02. The minimum atomic E-state index is 0.840. The SMILES string of the molecule is COC1=Cc2nccc(C)c2C=CC1. The smallest absolute Gasteiger partial charge is 0.101 e. The van der Waals surface area contributed by atoms with Gasteiger partial charge in [-0.15, -0.1) is 0 Å². The van der Waals surface area contributed by atoms with E-state index >= 15 is 0 Å². The van der Waals surface area contributed by atoms with Crippen molar-refractivity contribution in [3.63, 3.8) is 0 Å². The maximum atomic E-state index is 5.24. The fourth-order valence-electron chi connectivity index (χ4n) is 1.57. The molecule has 0 amide bonds. The van der Waals surface area contributed by atoms with Gasteiger partial charge < -0.3 is 4.74 Å². The Hall–Kier alpha value is -1.57. The third-order valence-corrected chi connectivity index (χ3v) is 2.40. The topological polar surface area (TPSA) is 22.1 Å². The molecule has 0 N–H and O–H groups in total. The van der Waals surface area contributed by atoms with Crippen molar-refractivity contribution < 1.29 is 4.74 Å². The van der Waals surface area contributed by atoms with E-state index in [1.807, 2.05) is 18.3 Å². The van der Waals surface area contributed by atoms with Crippen molar-refractivity contribution in [2.75, 3.05) is 7.11 Å². The Morgan fingerprint density at radius 3 is 3.07 bits per heavy atom. The molecule has 14 heavy (non-hydrogen) atoms. The number of fused-ring (bicyclic) bond motifs is 1. The van der Waals surface area contributed by atoms with Crippen LogP contribution in [0.4, 0.5) is 0 Å². The zero-order chi connectivity index (χ0) is 9.97. The van der Waals surface area contributed by atoms with Crippen molar-refractivity contribution in [1.29, 1.82) is 0 Å². The minimum absolute atomic E-state index is 0.840. The van der Waals surface area contributed by atoms with E-state index in [0.29, 0.717) is 0 Å². The van der Waals surface area contributed by atoms with E-state index in [9.17, 15) is 0 Å². The zero-order valence-corrected chi connectivity index (χ0v) is 8.45. The van der Waals surface area contributed by atoms with Crippen LogP contribution in [-0.4, -0.2) is 12.1 Å². The number of rotatable bonds is 1. The molecule has 1 aromatic rings. The Kier molecular flexibility index (Phi) is 2.35. The molecule has 0 spiro atoms. The molecule has 2 nitrogen and oxygen atoms in total. The van der Waals surface area contributed by atoms with Crippen LogP contribution in [-0.2, 0) is 4.74 Å². The average Bonchev–Trinajstić information content (AvgIpc) is 2.40. The predicted octanol–water partition coefficient (Wildman–Crippen LogP) is 2.79. The lowest BCUT2D eigenvalue weighted by Crippen LogP contribution is -1.90. The Morgan fingerprint density at radius 1 is 1.43 bits per heavy atom. The molecule has 1 aromatic heterocycles. The molecular weight excluding hydrogens is 174 g/mol. The molecule has 2 heteroatoms. The fraction of sp³-hybridized carbons (Fsp3) is 0.250. The van der Waals surface area contributed by atoms with Gasteiger partial charge in [-0.2, -0.15) is 0 Å². The first-order valence-corrected chi connectivity index (χ1v) is 4.68. The van der Waals surface area contributed by atoms with Gasteiger partial charge in [-0.1, -0.05) is 12.2 Å². The van der Waals surface area contributed by atoms with Crippen molar-refractivity contribution in [3.8, 4) is 0 Å². The van der Waals surface area contributed by atoms with E-state index in [0.717, 1.165) is 17.9 Å². The summed E-state index contributed by atoms with van der Waals surface area (Å²) in [4.78, 5) is 4.33. The summed E-state index contributed by atoms with van der Waals surface area (Å²) in [6.45, 7) is 2.09. The van der Waals surface area contributed by atoms with E-state index in [1.165, 1.54) is 11.1 Å². The normalized spacial score (nSPS) is 14.3. The number of aromatic nitrogens is 1. The molecule has 0 bridgehead atoms. The molecule has 0 aromatic carbocycles. The Bertz CT molecular complexity index is 405. The lowest BCUT2D eigenvalue weighted by Gasteiger charge is -2.03. The molecule has 1 aliphatic carbocycles. The van der Waals surface area contributed by atoms with Gasteiger partial charge >= 0.3 is 0 Å². The summed E-state index contributed by atoms with van der Waals surface area (Å²) in [5.74, 6) is 0.957. The van der Waals surface area contributed by atoms with Crippen LogP contribution in [0.15, 0.2) is 24.1 Å². The summed E-state index contributed by atoms with van der Waals surface area (Å²) in [5.41, 5.74) is 3.44. The van der Waals surface area contributed by atoms with Crippen molar-refractivity contribution in [2.45, 2.75) is 13.3 Å². The summed E-state index contributed by atoms with van der Waals surface area (Å²) in [5, 5.41) is 0. The molecule has 0 unspecified atom stereocenters. The largest absolute Gasteiger partial charge is 0.501 e. The second kappa shape index (κ2) is 3.66. The van der Waals surface area contributed by atoms with Crippen LogP contribution in [0.3, 0.4) is 0 Å². The van der Waals surface area contributed by atoms with Crippen LogP contribution in [0, 0.1) is 6.92 Å². The van der Waals surface area contributed by atoms with Gasteiger partial charge in [0.1, 0.15) is 5.76 Å². The van der Waals surface area contributed by atoms with Gasteiger partial charge in [-0.25, -0.2) is 0 Å². The van der Waals surface area contributed by atoms with Gasteiger partial charge in [0.2, 0.25) is 0 Å². The van der Waals surface area contributed by atoms with E-state index < -0.39 is 0 Å². The minimum Gasteiger partial charge on any atom is -0.501 e. The number of hydrogen-bond acceptors (Lipinski definition) is 2. The van der Waals surface area contributed by atoms with Gasteiger partial charge in [0, 0.05) is 24.3 Å². The third-order valence-electron chi connectivity index (χ3n) is 2.40. The molecule has 2 rings (SSSR count). The van der Waals surface area contributed by atoms with Crippen molar-refractivity contribution in [1.82, 2.24) is 4.98 Å². The highest BCUT2D eigenvalue weighted by molar-refractivity contribution is 5.67. The molecular formula is C12H13NO. The Morgan fingerprint density at radius 2 is 2.29 bits per heavy atom. The van der Waals surface area contributed by atoms with Gasteiger partial charge in [-0.3, -0.25) is 4.98 Å². The highest BCUT2D eigenvalue weighted by atomic mass is 16.5. The first-order valence-electron chi connectivity index (χ1n) is 4.68. The van der Waals surface area contributed by atoms with Gasteiger partial charge in [0.05, 0.1) is 12.8 Å². The second-order valence-electron chi connectivity index (χ2n) is 3.35. The molecule has 72 valence electrons. The van der Waals surface area contributed by atoms with Crippen LogP contribution in [0.2, 0.25) is 0 Å². The van der Waals surface area contributed by atoms with Crippen LogP contribution in [0.5, 0.6) is 0 Å². The predicted molar refractivity (Wildman–Crippen MR) is 57.6 cm³/mol. The number of hydrogen-bond donors (Lipinski definition) is 0. The van der Waals surface area contributed by atoms with Crippen LogP contribution in [0.1, 0.15) is 23.2 Å². The molecule has 0 fully saturated rings. The van der Waals surface area contributed by atoms with Crippen molar-refractivity contribution >= 4 is 12.2 Å². The monoisotopic (exact) mass is 187 g/mol. The second-order valence-corrected chi connectivity index (χ2v) is 3.35. The van der Waals surface area contributed by atoms with Gasteiger partial charge in [0.15, 0.2) is 0 Å². The van der Waals surface area contributed by atoms with E-state index in [4.69, 9.17) is 4.74 Å². The summed E-state index contributed by atoms with van der Waals surface area (Å²) >= 11 is 0. The first kappa shape index (κ1) is 9.00. The average molecular weight is 187 g/mol. The standard InChI is InChI=1S/C12H13NO/c1-9-6-7-13-12-8-10(14-2)4-3-5-11(9)12/h3,5-8H,4H2,1-2H3. The highest BCUT2D eigenvalue weighted by Gasteiger charge is 2.06.